The van der Waals surface area contributed by atoms with Crippen molar-refractivity contribution in [3.63, 3.8) is 0 Å². The maximum Gasteiger partial charge on any atom is 0.278 e. The number of fused-ring (bicyclic) bond motifs is 1. The Kier molecular flexibility index (Phi) is 6.55. The lowest BCUT2D eigenvalue weighted by molar-refractivity contribution is 0.0111. The molecule has 1 aromatic carbocycles. The lowest BCUT2D eigenvalue weighted by Crippen LogP contribution is -2.42. The fourth-order valence-corrected chi connectivity index (χ4v) is 3.72. The predicted molar refractivity (Wildman–Crippen MR) is 115 cm³/mol. The predicted octanol–water partition coefficient (Wildman–Crippen LogP) is 1.73. The monoisotopic (exact) mass is 452 g/mol. The molecule has 3 heterocycles. The molecule has 9 nitrogen and oxygen atoms in total. The zero-order valence-corrected chi connectivity index (χ0v) is 17.7. The number of aliphatic hydroxyl groups excluding tert-OH is 1. The second kappa shape index (κ2) is 9.32. The Morgan fingerprint density at radius 2 is 2.03 bits per heavy atom. The Morgan fingerprint density at radius 1 is 1.23 bits per heavy atom. The van der Waals surface area contributed by atoms with E-state index in [0.717, 1.165) is 18.7 Å². The van der Waals surface area contributed by atoms with Gasteiger partial charge in [-0.3, -0.25) is 19.4 Å². The van der Waals surface area contributed by atoms with E-state index in [4.69, 9.17) is 27.9 Å². The lowest BCUT2D eigenvalue weighted by atomic mass is 10.2. The first-order chi connectivity index (χ1) is 14.5. The van der Waals surface area contributed by atoms with E-state index in [-0.39, 0.29) is 12.1 Å². The molecule has 3 aromatic rings. The molecule has 4 rings (SSSR count). The first-order valence-corrected chi connectivity index (χ1v) is 10.4. The average Bonchev–Trinajstić information content (AvgIpc) is 3.12. The second-order valence-corrected chi connectivity index (χ2v) is 7.96. The Balaban J connectivity index is 1.44. The number of ether oxygens (including phenoxy) is 1. The average molecular weight is 453 g/mol. The van der Waals surface area contributed by atoms with E-state index in [9.17, 15) is 9.90 Å². The summed E-state index contributed by atoms with van der Waals surface area (Å²) in [6, 6.07) is 5.31. The molecule has 1 fully saturated rings. The van der Waals surface area contributed by atoms with E-state index in [2.05, 4.69) is 25.3 Å². The number of anilines is 1. The standard InChI is InChI=1S/C19H22Cl2N6O3/c20-14-2-1-12(7-15(14)21)8-22-19-24-16-9-23-27(17(16)18(29)25-19)11-13(28)10-26-3-5-30-6-4-26/h1-2,7,9,13,28H,3-6,8,10-11H2,(H2,22,24,25,29). The Hall–Kier alpha value is -2.17. The Morgan fingerprint density at radius 3 is 2.80 bits per heavy atom. The molecule has 0 radical (unpaired) electrons. The summed E-state index contributed by atoms with van der Waals surface area (Å²) >= 11 is 12.0. The number of aromatic nitrogens is 4. The van der Waals surface area contributed by atoms with Crippen LogP contribution in [0.3, 0.4) is 0 Å². The molecule has 1 aliphatic rings. The molecular weight excluding hydrogens is 431 g/mol. The summed E-state index contributed by atoms with van der Waals surface area (Å²) in [7, 11) is 0. The molecule has 160 valence electrons. The number of rotatable bonds is 7. The summed E-state index contributed by atoms with van der Waals surface area (Å²) in [6.45, 7) is 4.02. The van der Waals surface area contributed by atoms with Gasteiger partial charge in [0.05, 0.1) is 42.1 Å². The van der Waals surface area contributed by atoms with Crippen molar-refractivity contribution in [2.45, 2.75) is 19.2 Å². The van der Waals surface area contributed by atoms with Gasteiger partial charge in [-0.05, 0) is 17.7 Å². The Bertz CT molecular complexity index is 1080. The van der Waals surface area contributed by atoms with Crippen LogP contribution in [0.4, 0.5) is 5.95 Å². The van der Waals surface area contributed by atoms with Crippen LogP contribution in [-0.4, -0.2) is 68.7 Å². The van der Waals surface area contributed by atoms with Crippen LogP contribution in [0.25, 0.3) is 11.0 Å². The highest BCUT2D eigenvalue weighted by Crippen LogP contribution is 2.23. The van der Waals surface area contributed by atoms with Crippen molar-refractivity contribution >= 4 is 40.2 Å². The highest BCUT2D eigenvalue weighted by Gasteiger charge is 2.18. The molecule has 0 aliphatic carbocycles. The van der Waals surface area contributed by atoms with Crippen molar-refractivity contribution in [2.24, 2.45) is 0 Å². The van der Waals surface area contributed by atoms with Crippen LogP contribution in [0.1, 0.15) is 5.56 Å². The summed E-state index contributed by atoms with van der Waals surface area (Å²) in [6.07, 6.45) is 0.870. The van der Waals surface area contributed by atoms with E-state index in [0.29, 0.717) is 53.3 Å². The van der Waals surface area contributed by atoms with E-state index in [1.165, 1.54) is 10.9 Å². The lowest BCUT2D eigenvalue weighted by Gasteiger charge is -2.28. The number of benzene rings is 1. The van der Waals surface area contributed by atoms with Gasteiger partial charge in [0.2, 0.25) is 5.95 Å². The smallest absolute Gasteiger partial charge is 0.278 e. The number of hydrogen-bond acceptors (Lipinski definition) is 7. The van der Waals surface area contributed by atoms with Crippen molar-refractivity contribution in [1.29, 1.82) is 0 Å². The Labute approximate surface area is 182 Å². The van der Waals surface area contributed by atoms with Crippen LogP contribution in [0.2, 0.25) is 10.0 Å². The third-order valence-corrected chi connectivity index (χ3v) is 5.64. The summed E-state index contributed by atoms with van der Waals surface area (Å²) < 4.78 is 6.81. The maximum absolute atomic E-state index is 12.6. The topological polar surface area (TPSA) is 108 Å². The zero-order chi connectivity index (χ0) is 21.1. The van der Waals surface area contributed by atoms with E-state index in [1.54, 1.807) is 12.1 Å². The normalized spacial score (nSPS) is 16.1. The molecule has 30 heavy (non-hydrogen) atoms. The second-order valence-electron chi connectivity index (χ2n) is 7.14. The number of nitrogens with one attached hydrogen (secondary N) is 2. The largest absolute Gasteiger partial charge is 0.390 e. The molecule has 2 aromatic heterocycles. The van der Waals surface area contributed by atoms with Crippen LogP contribution in [0.5, 0.6) is 0 Å². The minimum absolute atomic E-state index is 0.210. The highest BCUT2D eigenvalue weighted by atomic mass is 35.5. The maximum atomic E-state index is 12.6. The van der Waals surface area contributed by atoms with E-state index < -0.39 is 6.10 Å². The van der Waals surface area contributed by atoms with Gasteiger partial charge in [-0.1, -0.05) is 29.3 Å². The SMILES string of the molecule is O=c1[nH]c(NCc2ccc(Cl)c(Cl)c2)nc2cnn(CC(O)CN3CCOCC3)c12. The van der Waals surface area contributed by atoms with Crippen molar-refractivity contribution in [3.8, 4) is 0 Å². The van der Waals surface area contributed by atoms with Crippen LogP contribution in [-0.2, 0) is 17.8 Å². The molecule has 11 heteroatoms. The molecule has 1 saturated heterocycles. The first-order valence-electron chi connectivity index (χ1n) is 9.61. The van der Waals surface area contributed by atoms with Gasteiger partial charge in [0.1, 0.15) is 5.52 Å². The van der Waals surface area contributed by atoms with Crippen LogP contribution in [0.15, 0.2) is 29.2 Å². The number of nitrogens with zero attached hydrogens (tertiary/aromatic N) is 4. The number of halogens is 2. The molecule has 0 saturated carbocycles. The van der Waals surface area contributed by atoms with Crippen LogP contribution in [0, 0.1) is 0 Å². The van der Waals surface area contributed by atoms with E-state index >= 15 is 0 Å². The molecule has 0 bridgehead atoms. The quantitative estimate of drug-likeness (QED) is 0.500. The summed E-state index contributed by atoms with van der Waals surface area (Å²) in [5.41, 5.74) is 1.35. The van der Waals surface area contributed by atoms with Crippen molar-refractivity contribution in [3.05, 3.63) is 50.4 Å². The van der Waals surface area contributed by atoms with Gasteiger partial charge < -0.3 is 15.2 Å². The number of morpholine rings is 1. The first kappa shape index (κ1) is 21.1. The number of β-amino-alcohol motifs (C(OH)–C–C–N with tert-alkyl or cyclic N) is 1. The van der Waals surface area contributed by atoms with Gasteiger partial charge in [0.15, 0.2) is 5.52 Å². The molecule has 3 N–H and O–H groups in total. The molecule has 1 unspecified atom stereocenters. The summed E-state index contributed by atoms with van der Waals surface area (Å²) in [5, 5.41) is 18.7. The minimum Gasteiger partial charge on any atom is -0.390 e. The zero-order valence-electron chi connectivity index (χ0n) is 16.1. The van der Waals surface area contributed by atoms with Gasteiger partial charge >= 0.3 is 0 Å². The fraction of sp³-hybridized carbons (Fsp3) is 0.421. The van der Waals surface area contributed by atoms with Crippen molar-refractivity contribution in [1.82, 2.24) is 24.6 Å². The molecule has 1 atom stereocenters. The number of hydrogen-bond donors (Lipinski definition) is 3. The fourth-order valence-electron chi connectivity index (χ4n) is 3.40. The summed E-state index contributed by atoms with van der Waals surface area (Å²) in [5.74, 6) is 0.326. The number of aliphatic hydroxyl groups is 1. The highest BCUT2D eigenvalue weighted by molar-refractivity contribution is 6.42. The molecule has 1 aliphatic heterocycles. The number of aromatic amines is 1. The molecule has 0 spiro atoms. The summed E-state index contributed by atoms with van der Waals surface area (Å²) in [4.78, 5) is 21.9. The van der Waals surface area contributed by atoms with Crippen LogP contribution >= 0.6 is 23.2 Å². The third kappa shape index (κ3) is 4.93. The minimum atomic E-state index is -0.655. The van der Waals surface area contributed by atoms with Gasteiger partial charge in [-0.25, -0.2) is 4.98 Å². The van der Waals surface area contributed by atoms with Crippen molar-refractivity contribution < 1.29 is 9.84 Å². The van der Waals surface area contributed by atoms with Gasteiger partial charge in [0.25, 0.3) is 5.56 Å². The van der Waals surface area contributed by atoms with Gasteiger partial charge in [0, 0.05) is 26.2 Å². The third-order valence-electron chi connectivity index (χ3n) is 4.90. The molecular formula is C19H22Cl2N6O3. The number of H-pyrrole nitrogens is 1. The molecule has 0 amide bonds. The van der Waals surface area contributed by atoms with Gasteiger partial charge in [-0.15, -0.1) is 0 Å². The van der Waals surface area contributed by atoms with Crippen LogP contribution < -0.4 is 10.9 Å². The van der Waals surface area contributed by atoms with Crippen molar-refractivity contribution in [2.75, 3.05) is 38.2 Å². The van der Waals surface area contributed by atoms with E-state index in [1.807, 2.05) is 6.07 Å². The van der Waals surface area contributed by atoms with Gasteiger partial charge in [-0.2, -0.15) is 5.10 Å².